The molecule has 0 bridgehead atoms. The smallest absolute Gasteiger partial charge is 0.128 e. The molecule has 0 aromatic heterocycles. The van der Waals surface area contributed by atoms with Gasteiger partial charge in [0.05, 0.1) is 21.8 Å². The van der Waals surface area contributed by atoms with Crippen LogP contribution in [0.25, 0.3) is 0 Å². The number of hydrogen-bond acceptors (Lipinski definition) is 1. The Hall–Kier alpha value is -1.07. The monoisotopic (exact) mass is 287 g/mol. The first-order valence-corrected chi connectivity index (χ1v) is 7.14. The molecule has 1 aromatic carbocycles. The lowest BCUT2D eigenvalue weighted by molar-refractivity contribution is 0.543. The fourth-order valence-corrected chi connectivity index (χ4v) is 2.33. The Morgan fingerprint density at radius 1 is 1.42 bits per heavy atom. The molecule has 0 amide bonds. The molecule has 0 fully saturated rings. The van der Waals surface area contributed by atoms with Gasteiger partial charge in [0.2, 0.25) is 0 Å². The van der Waals surface area contributed by atoms with Gasteiger partial charge in [-0.3, -0.25) is 0 Å². The summed E-state index contributed by atoms with van der Waals surface area (Å²) in [7, 11) is -1.37. The van der Waals surface area contributed by atoms with Crippen LogP contribution < -0.4 is 4.72 Å². The van der Waals surface area contributed by atoms with E-state index in [0.29, 0.717) is 6.42 Å². The van der Waals surface area contributed by atoms with Crippen molar-refractivity contribution in [2.24, 2.45) is 0 Å². The zero-order chi connectivity index (χ0) is 14.6. The molecule has 0 unspecified atom stereocenters. The van der Waals surface area contributed by atoms with E-state index in [0.717, 1.165) is 18.2 Å². The van der Waals surface area contributed by atoms with Crippen molar-refractivity contribution in [1.82, 2.24) is 4.72 Å². The number of benzene rings is 1. The molecule has 0 aliphatic heterocycles. The summed E-state index contributed by atoms with van der Waals surface area (Å²) in [5.41, 5.74) is 0.164. The van der Waals surface area contributed by atoms with Gasteiger partial charge >= 0.3 is 0 Å². The fraction of sp³-hybridized carbons (Fsp3) is 0.429. The van der Waals surface area contributed by atoms with Crippen LogP contribution in [0.2, 0.25) is 0 Å². The predicted octanol–water partition coefficient (Wildman–Crippen LogP) is 3.63. The molecule has 0 spiro atoms. The molecule has 2 nitrogen and oxygen atoms in total. The van der Waals surface area contributed by atoms with Crippen molar-refractivity contribution in [2.75, 3.05) is 0 Å². The van der Waals surface area contributed by atoms with Crippen LogP contribution in [0.4, 0.5) is 8.78 Å². The van der Waals surface area contributed by atoms with Crippen LogP contribution in [-0.2, 0) is 11.0 Å². The van der Waals surface area contributed by atoms with Crippen LogP contribution >= 0.6 is 0 Å². The molecule has 0 aliphatic carbocycles. The summed E-state index contributed by atoms with van der Waals surface area (Å²) in [6, 6.07) is 2.69. The van der Waals surface area contributed by atoms with Crippen LogP contribution in [0.3, 0.4) is 0 Å². The summed E-state index contributed by atoms with van der Waals surface area (Å²) < 4.78 is 41.4. The van der Waals surface area contributed by atoms with E-state index >= 15 is 0 Å². The van der Waals surface area contributed by atoms with Crippen LogP contribution in [0.15, 0.2) is 30.9 Å². The second-order valence-corrected chi connectivity index (χ2v) is 7.24. The standard InChI is InChI=1S/C14H19F2NOS/c1-5-6-13(17-19(18)14(2,3)4)11-9-10(15)7-8-12(11)16/h5,7-9,13,17H,1,6H2,2-4H3/t13-,19+/m0/s1. The van der Waals surface area contributed by atoms with Gasteiger partial charge in [-0.15, -0.1) is 6.58 Å². The van der Waals surface area contributed by atoms with Gasteiger partial charge in [0.25, 0.3) is 0 Å². The molecule has 5 heteroatoms. The van der Waals surface area contributed by atoms with Gasteiger partial charge in [-0.1, -0.05) is 6.08 Å². The Labute approximate surface area is 115 Å². The fourth-order valence-electron chi connectivity index (χ4n) is 1.49. The third kappa shape index (κ3) is 4.51. The molecule has 0 saturated heterocycles. The highest BCUT2D eigenvalue weighted by Crippen LogP contribution is 2.24. The van der Waals surface area contributed by atoms with E-state index in [1.165, 1.54) is 0 Å². The van der Waals surface area contributed by atoms with Crippen LogP contribution in [-0.4, -0.2) is 8.96 Å². The lowest BCUT2D eigenvalue weighted by Crippen LogP contribution is -2.36. The van der Waals surface area contributed by atoms with Crippen LogP contribution in [0.1, 0.15) is 38.8 Å². The summed E-state index contributed by atoms with van der Waals surface area (Å²) in [6.45, 7) is 9.02. The lowest BCUT2D eigenvalue weighted by atomic mass is 10.0. The second-order valence-electron chi connectivity index (χ2n) is 5.24. The molecule has 2 atom stereocenters. The number of rotatable bonds is 5. The molecule has 0 radical (unpaired) electrons. The maximum atomic E-state index is 13.8. The van der Waals surface area contributed by atoms with E-state index in [9.17, 15) is 13.0 Å². The summed E-state index contributed by atoms with van der Waals surface area (Å²) in [5.74, 6) is -1.04. The van der Waals surface area contributed by atoms with Gasteiger partial charge in [0.1, 0.15) is 11.6 Å². The van der Waals surface area contributed by atoms with Gasteiger partial charge in [0.15, 0.2) is 0 Å². The summed E-state index contributed by atoms with van der Waals surface area (Å²) in [5, 5.41) is 0. The highest BCUT2D eigenvalue weighted by atomic mass is 32.2. The molecule has 0 aliphatic rings. The average molecular weight is 287 g/mol. The topological polar surface area (TPSA) is 29.1 Å². The van der Waals surface area contributed by atoms with Crippen molar-refractivity contribution in [3.8, 4) is 0 Å². The summed E-state index contributed by atoms with van der Waals surface area (Å²) in [4.78, 5) is 0. The minimum atomic E-state index is -1.37. The first kappa shape index (κ1) is 16.0. The van der Waals surface area contributed by atoms with Crippen molar-refractivity contribution in [2.45, 2.75) is 38.0 Å². The molecule has 19 heavy (non-hydrogen) atoms. The zero-order valence-corrected chi connectivity index (χ0v) is 12.2. The molecular weight excluding hydrogens is 268 g/mol. The van der Waals surface area contributed by atoms with Crippen molar-refractivity contribution < 1.29 is 13.0 Å². The minimum absolute atomic E-state index is 0.164. The highest BCUT2D eigenvalue weighted by Gasteiger charge is 2.24. The quantitative estimate of drug-likeness (QED) is 0.823. The molecule has 0 saturated carbocycles. The van der Waals surface area contributed by atoms with Crippen molar-refractivity contribution in [3.05, 3.63) is 48.1 Å². The van der Waals surface area contributed by atoms with E-state index in [-0.39, 0.29) is 5.56 Å². The Morgan fingerprint density at radius 2 is 2.05 bits per heavy atom. The van der Waals surface area contributed by atoms with Crippen molar-refractivity contribution in [3.63, 3.8) is 0 Å². The van der Waals surface area contributed by atoms with Crippen molar-refractivity contribution >= 4 is 11.0 Å². The van der Waals surface area contributed by atoms with Gasteiger partial charge in [-0.25, -0.2) is 17.7 Å². The predicted molar refractivity (Wildman–Crippen MR) is 74.9 cm³/mol. The Morgan fingerprint density at radius 3 is 2.58 bits per heavy atom. The highest BCUT2D eigenvalue weighted by molar-refractivity contribution is 7.84. The van der Waals surface area contributed by atoms with E-state index in [2.05, 4.69) is 11.3 Å². The SMILES string of the molecule is C=CC[C@H](N[S@](=O)C(C)(C)C)c1cc(F)ccc1F. The lowest BCUT2D eigenvalue weighted by Gasteiger charge is -2.24. The Kier molecular flexibility index (Phi) is 5.38. The van der Waals surface area contributed by atoms with Gasteiger partial charge < -0.3 is 0 Å². The maximum absolute atomic E-state index is 13.8. The van der Waals surface area contributed by atoms with E-state index in [4.69, 9.17) is 0 Å². The normalized spacial score (nSPS) is 15.0. The molecule has 106 valence electrons. The molecule has 1 rings (SSSR count). The van der Waals surface area contributed by atoms with Crippen LogP contribution in [0.5, 0.6) is 0 Å². The third-order valence-corrected chi connectivity index (χ3v) is 4.15. The number of nitrogens with one attached hydrogen (secondary N) is 1. The molecule has 0 heterocycles. The molecular formula is C14H19F2NOS. The van der Waals surface area contributed by atoms with E-state index < -0.39 is 33.4 Å². The minimum Gasteiger partial charge on any atom is -0.242 e. The van der Waals surface area contributed by atoms with Gasteiger partial charge in [-0.2, -0.15) is 0 Å². The third-order valence-electron chi connectivity index (χ3n) is 2.54. The Balaban J connectivity index is 3.04. The zero-order valence-electron chi connectivity index (χ0n) is 11.4. The summed E-state index contributed by atoms with van der Waals surface area (Å²) in [6.07, 6.45) is 1.95. The number of halogens is 2. The van der Waals surface area contributed by atoms with E-state index in [1.54, 1.807) is 6.08 Å². The first-order valence-electron chi connectivity index (χ1n) is 5.99. The largest absolute Gasteiger partial charge is 0.242 e. The van der Waals surface area contributed by atoms with Crippen molar-refractivity contribution in [1.29, 1.82) is 0 Å². The maximum Gasteiger partial charge on any atom is 0.128 e. The molecule has 1 N–H and O–H groups in total. The second kappa shape index (κ2) is 6.39. The van der Waals surface area contributed by atoms with Gasteiger partial charge in [-0.05, 0) is 45.4 Å². The van der Waals surface area contributed by atoms with Gasteiger partial charge in [0, 0.05) is 5.56 Å². The molecule has 1 aromatic rings. The number of hydrogen-bond donors (Lipinski definition) is 1. The van der Waals surface area contributed by atoms with Crippen LogP contribution in [0, 0.1) is 11.6 Å². The summed E-state index contributed by atoms with van der Waals surface area (Å²) >= 11 is 0. The Bertz CT molecular complexity index is 483. The van der Waals surface area contributed by atoms with E-state index in [1.807, 2.05) is 20.8 Å². The first-order chi connectivity index (χ1) is 8.75. The average Bonchev–Trinajstić information content (AvgIpc) is 2.30.